The van der Waals surface area contributed by atoms with E-state index in [4.69, 9.17) is 9.47 Å². The van der Waals surface area contributed by atoms with Gasteiger partial charge in [-0.2, -0.15) is 0 Å². The molecule has 0 aromatic heterocycles. The van der Waals surface area contributed by atoms with E-state index in [1.807, 2.05) is 6.07 Å². The Kier molecular flexibility index (Phi) is 5.92. The monoisotopic (exact) mass is 318 g/mol. The number of rotatable bonds is 6. The van der Waals surface area contributed by atoms with Crippen molar-refractivity contribution in [1.29, 1.82) is 0 Å². The minimum Gasteiger partial charge on any atom is -0.497 e. The molecule has 0 bridgehead atoms. The molecule has 1 N–H and O–H groups in total. The van der Waals surface area contributed by atoms with Crippen LogP contribution in [0, 0.1) is 0 Å². The van der Waals surface area contributed by atoms with Crippen LogP contribution in [0.25, 0.3) is 0 Å². The van der Waals surface area contributed by atoms with Crippen LogP contribution in [0.5, 0.6) is 5.75 Å². The molecule has 2 fully saturated rings. The molecule has 0 radical (unpaired) electrons. The standard InChI is InChI=1S/C19H30N2O2/c1-22-18-7-5-6-17(14-18)15-20-16-19(8-12-23-13-9-19)21-10-3-2-4-11-21/h5-7,14,20H,2-4,8-13,15-16H2,1H3. The van der Waals surface area contributed by atoms with E-state index < -0.39 is 0 Å². The van der Waals surface area contributed by atoms with E-state index in [1.54, 1.807) is 7.11 Å². The van der Waals surface area contributed by atoms with Crippen molar-refractivity contribution < 1.29 is 9.47 Å². The lowest BCUT2D eigenvalue weighted by Crippen LogP contribution is -2.59. The van der Waals surface area contributed by atoms with Crippen LogP contribution < -0.4 is 10.1 Å². The summed E-state index contributed by atoms with van der Waals surface area (Å²) in [6.07, 6.45) is 6.38. The minimum absolute atomic E-state index is 0.289. The van der Waals surface area contributed by atoms with Crippen molar-refractivity contribution >= 4 is 0 Å². The second-order valence-corrected chi connectivity index (χ2v) is 6.84. The summed E-state index contributed by atoms with van der Waals surface area (Å²) in [6, 6.07) is 8.33. The van der Waals surface area contributed by atoms with Gasteiger partial charge in [-0.05, 0) is 56.5 Å². The summed E-state index contributed by atoms with van der Waals surface area (Å²) in [5.41, 5.74) is 1.57. The maximum absolute atomic E-state index is 5.64. The average molecular weight is 318 g/mol. The second kappa shape index (κ2) is 8.13. The molecule has 0 atom stereocenters. The summed E-state index contributed by atoms with van der Waals surface area (Å²) in [6.45, 7) is 6.25. The number of ether oxygens (including phenoxy) is 2. The van der Waals surface area contributed by atoms with Gasteiger partial charge in [0, 0.05) is 31.8 Å². The lowest BCUT2D eigenvalue weighted by atomic mass is 9.86. The molecular formula is C19H30N2O2. The quantitative estimate of drug-likeness (QED) is 0.874. The Labute approximate surface area is 140 Å². The first-order chi connectivity index (χ1) is 11.3. The van der Waals surface area contributed by atoms with Crippen molar-refractivity contribution in [3.63, 3.8) is 0 Å². The van der Waals surface area contributed by atoms with Crippen molar-refractivity contribution in [2.24, 2.45) is 0 Å². The lowest BCUT2D eigenvalue weighted by Gasteiger charge is -2.48. The molecule has 0 spiro atoms. The van der Waals surface area contributed by atoms with Crippen LogP contribution in [0.15, 0.2) is 24.3 Å². The van der Waals surface area contributed by atoms with E-state index in [0.29, 0.717) is 0 Å². The van der Waals surface area contributed by atoms with Crippen molar-refractivity contribution in [2.45, 2.75) is 44.2 Å². The first-order valence-electron chi connectivity index (χ1n) is 8.99. The van der Waals surface area contributed by atoms with Crippen molar-refractivity contribution in [1.82, 2.24) is 10.2 Å². The van der Waals surface area contributed by atoms with Crippen LogP contribution in [0.4, 0.5) is 0 Å². The highest BCUT2D eigenvalue weighted by atomic mass is 16.5. The molecule has 2 aliphatic heterocycles. The number of benzene rings is 1. The average Bonchev–Trinajstić information content (AvgIpc) is 2.63. The van der Waals surface area contributed by atoms with Crippen molar-refractivity contribution in [2.75, 3.05) is 40.0 Å². The first kappa shape index (κ1) is 16.7. The van der Waals surface area contributed by atoms with E-state index in [-0.39, 0.29) is 5.54 Å². The third-order valence-electron chi connectivity index (χ3n) is 5.37. The lowest BCUT2D eigenvalue weighted by molar-refractivity contribution is -0.0358. The summed E-state index contributed by atoms with van der Waals surface area (Å²) in [5.74, 6) is 0.932. The smallest absolute Gasteiger partial charge is 0.119 e. The largest absolute Gasteiger partial charge is 0.497 e. The van der Waals surface area contributed by atoms with Gasteiger partial charge in [-0.3, -0.25) is 4.90 Å². The molecule has 2 heterocycles. The Morgan fingerprint density at radius 3 is 2.70 bits per heavy atom. The van der Waals surface area contributed by atoms with Crippen molar-refractivity contribution in [3.05, 3.63) is 29.8 Å². The topological polar surface area (TPSA) is 33.7 Å². The zero-order valence-electron chi connectivity index (χ0n) is 14.4. The number of hydrogen-bond acceptors (Lipinski definition) is 4. The fourth-order valence-electron chi connectivity index (χ4n) is 3.95. The molecule has 4 nitrogen and oxygen atoms in total. The third-order valence-corrected chi connectivity index (χ3v) is 5.37. The first-order valence-corrected chi connectivity index (χ1v) is 8.99. The molecule has 23 heavy (non-hydrogen) atoms. The van der Waals surface area contributed by atoms with Gasteiger partial charge in [-0.1, -0.05) is 18.6 Å². The summed E-state index contributed by atoms with van der Waals surface area (Å²) >= 11 is 0. The zero-order chi connectivity index (χ0) is 16.0. The normalized spacial score (nSPS) is 22.0. The maximum Gasteiger partial charge on any atom is 0.119 e. The summed E-state index contributed by atoms with van der Waals surface area (Å²) in [7, 11) is 1.72. The van der Waals surface area contributed by atoms with E-state index >= 15 is 0 Å². The van der Waals surface area contributed by atoms with E-state index in [2.05, 4.69) is 28.4 Å². The molecule has 2 saturated heterocycles. The van der Waals surface area contributed by atoms with Gasteiger partial charge in [0.25, 0.3) is 0 Å². The number of hydrogen-bond donors (Lipinski definition) is 1. The van der Waals surface area contributed by atoms with Gasteiger partial charge >= 0.3 is 0 Å². The predicted molar refractivity (Wildman–Crippen MR) is 92.9 cm³/mol. The van der Waals surface area contributed by atoms with Gasteiger partial charge in [-0.25, -0.2) is 0 Å². The molecule has 1 aromatic rings. The molecular weight excluding hydrogens is 288 g/mol. The number of likely N-dealkylation sites (tertiary alicyclic amines) is 1. The van der Waals surface area contributed by atoms with Crippen LogP contribution >= 0.6 is 0 Å². The number of nitrogens with one attached hydrogen (secondary N) is 1. The third kappa shape index (κ3) is 4.25. The number of methoxy groups -OCH3 is 1. The zero-order valence-corrected chi connectivity index (χ0v) is 14.4. The van der Waals surface area contributed by atoms with Crippen LogP contribution in [-0.4, -0.2) is 50.4 Å². The molecule has 0 aliphatic carbocycles. The van der Waals surface area contributed by atoms with Crippen LogP contribution in [-0.2, 0) is 11.3 Å². The van der Waals surface area contributed by atoms with Gasteiger partial charge in [0.15, 0.2) is 0 Å². The minimum atomic E-state index is 0.289. The second-order valence-electron chi connectivity index (χ2n) is 6.84. The highest BCUT2D eigenvalue weighted by Crippen LogP contribution is 2.30. The van der Waals surface area contributed by atoms with Crippen LogP contribution in [0.1, 0.15) is 37.7 Å². The Balaban J connectivity index is 1.59. The Morgan fingerprint density at radius 1 is 1.17 bits per heavy atom. The van der Waals surface area contributed by atoms with Gasteiger partial charge in [-0.15, -0.1) is 0 Å². The highest BCUT2D eigenvalue weighted by molar-refractivity contribution is 5.28. The van der Waals surface area contributed by atoms with Crippen molar-refractivity contribution in [3.8, 4) is 5.75 Å². The number of piperidine rings is 1. The highest BCUT2D eigenvalue weighted by Gasteiger charge is 2.38. The molecule has 0 unspecified atom stereocenters. The van der Waals surface area contributed by atoms with Gasteiger partial charge in [0.05, 0.1) is 7.11 Å². The Hall–Kier alpha value is -1.10. The van der Waals surface area contributed by atoms with Gasteiger partial charge < -0.3 is 14.8 Å². The predicted octanol–water partition coefficient (Wildman–Crippen LogP) is 2.82. The number of nitrogens with zero attached hydrogens (tertiary/aromatic N) is 1. The van der Waals surface area contributed by atoms with Crippen LogP contribution in [0.2, 0.25) is 0 Å². The SMILES string of the molecule is COc1cccc(CNCC2(N3CCCCC3)CCOCC2)c1. The summed E-state index contributed by atoms with van der Waals surface area (Å²) in [4.78, 5) is 2.73. The Morgan fingerprint density at radius 2 is 1.96 bits per heavy atom. The van der Waals surface area contributed by atoms with E-state index in [9.17, 15) is 0 Å². The Bertz CT molecular complexity index is 480. The van der Waals surface area contributed by atoms with Crippen LogP contribution in [0.3, 0.4) is 0 Å². The van der Waals surface area contributed by atoms with Gasteiger partial charge in [0.1, 0.15) is 5.75 Å². The molecule has 1 aromatic carbocycles. The fraction of sp³-hybridized carbons (Fsp3) is 0.684. The summed E-state index contributed by atoms with van der Waals surface area (Å²) in [5, 5.41) is 3.71. The van der Waals surface area contributed by atoms with Gasteiger partial charge in [0.2, 0.25) is 0 Å². The summed E-state index contributed by atoms with van der Waals surface area (Å²) < 4.78 is 11.0. The van der Waals surface area contributed by atoms with E-state index in [1.165, 1.54) is 37.9 Å². The molecule has 3 rings (SSSR count). The molecule has 0 saturated carbocycles. The maximum atomic E-state index is 5.64. The molecule has 4 heteroatoms. The molecule has 2 aliphatic rings. The van der Waals surface area contributed by atoms with E-state index in [0.717, 1.165) is 44.9 Å². The fourth-order valence-corrected chi connectivity index (χ4v) is 3.95. The molecule has 0 amide bonds. The molecule has 128 valence electrons.